The van der Waals surface area contributed by atoms with Crippen LogP contribution in [0.2, 0.25) is 0 Å². The number of nitrogens with one attached hydrogen (secondary N) is 1. The lowest BCUT2D eigenvalue weighted by molar-refractivity contribution is -0.114. The second-order valence-corrected chi connectivity index (χ2v) is 7.62. The summed E-state index contributed by atoms with van der Waals surface area (Å²) in [6.07, 6.45) is 7.99. The van der Waals surface area contributed by atoms with E-state index in [1.165, 1.54) is 44.6 Å². The van der Waals surface area contributed by atoms with E-state index in [9.17, 15) is 4.79 Å². The van der Waals surface area contributed by atoms with Gasteiger partial charge in [0.15, 0.2) is 0 Å². The van der Waals surface area contributed by atoms with Crippen molar-refractivity contribution in [2.45, 2.75) is 58.4 Å². The second-order valence-electron chi connectivity index (χ2n) is 7.62. The maximum absolute atomic E-state index is 11.1. The molecule has 0 radical (unpaired) electrons. The Bertz CT molecular complexity index is 734. The maximum atomic E-state index is 11.1. The van der Waals surface area contributed by atoms with E-state index in [0.717, 1.165) is 42.7 Å². The molecule has 0 aliphatic heterocycles. The van der Waals surface area contributed by atoms with E-state index in [0.29, 0.717) is 0 Å². The van der Waals surface area contributed by atoms with E-state index in [-0.39, 0.29) is 5.91 Å². The van der Waals surface area contributed by atoms with Crippen molar-refractivity contribution < 1.29 is 9.53 Å². The van der Waals surface area contributed by atoms with Crippen LogP contribution in [0.1, 0.15) is 51.5 Å². The molecule has 1 aliphatic rings. The molecule has 4 nitrogen and oxygen atoms in total. The van der Waals surface area contributed by atoms with Gasteiger partial charge in [-0.05, 0) is 67.8 Å². The average molecular weight is 381 g/mol. The summed E-state index contributed by atoms with van der Waals surface area (Å²) in [5.74, 6) is 1.52. The van der Waals surface area contributed by atoms with Gasteiger partial charge in [0.05, 0.1) is 0 Å². The fraction of sp³-hybridized carbons (Fsp3) is 0.458. The summed E-state index contributed by atoms with van der Waals surface area (Å²) >= 11 is 0. The number of likely N-dealkylation sites (N-methyl/N-ethyl adjacent to an activating group) is 1. The predicted molar refractivity (Wildman–Crippen MR) is 115 cm³/mol. The molecule has 28 heavy (non-hydrogen) atoms. The van der Waals surface area contributed by atoms with Crippen molar-refractivity contribution in [2.75, 3.05) is 18.4 Å². The summed E-state index contributed by atoms with van der Waals surface area (Å²) in [5, 5.41) is 2.76. The Balaban J connectivity index is 1.50. The van der Waals surface area contributed by atoms with Crippen molar-refractivity contribution in [1.29, 1.82) is 0 Å². The first kappa shape index (κ1) is 20.4. The Hall–Kier alpha value is -2.33. The molecular weight excluding hydrogens is 348 g/mol. The van der Waals surface area contributed by atoms with Gasteiger partial charge in [-0.15, -0.1) is 0 Å². The van der Waals surface area contributed by atoms with Crippen molar-refractivity contribution in [3.8, 4) is 11.5 Å². The summed E-state index contributed by atoms with van der Waals surface area (Å²) in [5.41, 5.74) is 2.12. The van der Waals surface area contributed by atoms with Crippen molar-refractivity contribution in [3.63, 3.8) is 0 Å². The van der Waals surface area contributed by atoms with Gasteiger partial charge in [0.1, 0.15) is 11.5 Å². The Kier molecular flexibility index (Phi) is 7.49. The van der Waals surface area contributed by atoms with E-state index >= 15 is 0 Å². The standard InChI is InChI=1S/C24H32N2O2/c1-3-26(22-7-5-4-6-8-22)18-17-20-9-13-23(14-10-20)28-24-15-11-21(12-16-24)25-19(2)27/h9-16,22H,3-8,17-18H2,1-2H3,(H,25,27). The number of rotatable bonds is 8. The number of anilines is 1. The fourth-order valence-electron chi connectivity index (χ4n) is 3.99. The number of nitrogens with zero attached hydrogens (tertiary/aromatic N) is 1. The summed E-state index contributed by atoms with van der Waals surface area (Å²) in [6, 6.07) is 16.6. The van der Waals surface area contributed by atoms with Gasteiger partial charge >= 0.3 is 0 Å². The lowest BCUT2D eigenvalue weighted by Gasteiger charge is -2.33. The lowest BCUT2D eigenvalue weighted by Crippen LogP contribution is -2.38. The predicted octanol–water partition coefficient (Wildman–Crippen LogP) is 5.63. The Morgan fingerprint density at radius 3 is 2.18 bits per heavy atom. The summed E-state index contributed by atoms with van der Waals surface area (Å²) in [6.45, 7) is 6.05. The first-order chi connectivity index (χ1) is 13.6. The molecule has 150 valence electrons. The highest BCUT2D eigenvalue weighted by atomic mass is 16.5. The van der Waals surface area contributed by atoms with E-state index in [1.807, 2.05) is 36.4 Å². The molecule has 1 fully saturated rings. The van der Waals surface area contributed by atoms with Gasteiger partial charge in [-0.25, -0.2) is 0 Å². The van der Waals surface area contributed by atoms with Crippen LogP contribution in [0.15, 0.2) is 48.5 Å². The molecule has 0 saturated heterocycles. The van der Waals surface area contributed by atoms with Crippen LogP contribution < -0.4 is 10.1 Å². The van der Waals surface area contributed by atoms with Crippen LogP contribution in [-0.4, -0.2) is 29.9 Å². The van der Waals surface area contributed by atoms with Crippen LogP contribution in [0.5, 0.6) is 11.5 Å². The minimum absolute atomic E-state index is 0.0746. The van der Waals surface area contributed by atoms with Crippen LogP contribution in [0, 0.1) is 0 Å². The SMILES string of the molecule is CCN(CCc1ccc(Oc2ccc(NC(C)=O)cc2)cc1)C1CCCCC1. The highest BCUT2D eigenvalue weighted by Gasteiger charge is 2.19. The molecule has 3 rings (SSSR count). The van der Waals surface area contributed by atoms with Crippen LogP contribution in [-0.2, 0) is 11.2 Å². The third-order valence-electron chi connectivity index (χ3n) is 5.52. The van der Waals surface area contributed by atoms with E-state index in [1.54, 1.807) is 0 Å². The molecule has 2 aromatic rings. The molecule has 0 heterocycles. The van der Waals surface area contributed by atoms with E-state index in [4.69, 9.17) is 4.74 Å². The van der Waals surface area contributed by atoms with Crippen molar-refractivity contribution in [1.82, 2.24) is 4.90 Å². The molecule has 0 unspecified atom stereocenters. The van der Waals surface area contributed by atoms with Crippen molar-refractivity contribution >= 4 is 11.6 Å². The zero-order valence-corrected chi connectivity index (χ0v) is 17.1. The Morgan fingerprint density at radius 2 is 1.61 bits per heavy atom. The van der Waals surface area contributed by atoms with Crippen molar-refractivity contribution in [2.24, 2.45) is 0 Å². The highest BCUT2D eigenvalue weighted by molar-refractivity contribution is 5.88. The quantitative estimate of drug-likeness (QED) is 0.645. The molecule has 0 atom stereocenters. The number of carbonyl (C=O) groups excluding carboxylic acids is 1. The monoisotopic (exact) mass is 380 g/mol. The molecular formula is C24H32N2O2. The zero-order valence-electron chi connectivity index (χ0n) is 17.1. The van der Waals surface area contributed by atoms with Gasteiger partial charge in [0.25, 0.3) is 0 Å². The van der Waals surface area contributed by atoms with Crippen LogP contribution in [0.3, 0.4) is 0 Å². The first-order valence-electron chi connectivity index (χ1n) is 10.5. The largest absolute Gasteiger partial charge is 0.457 e. The third-order valence-corrected chi connectivity index (χ3v) is 5.52. The second kappa shape index (κ2) is 10.3. The maximum Gasteiger partial charge on any atom is 0.221 e. The van der Waals surface area contributed by atoms with Gasteiger partial charge in [-0.3, -0.25) is 4.79 Å². The van der Waals surface area contributed by atoms with Crippen LogP contribution in [0.4, 0.5) is 5.69 Å². The smallest absolute Gasteiger partial charge is 0.221 e. The van der Waals surface area contributed by atoms with Gasteiger partial charge < -0.3 is 15.0 Å². The molecule has 1 aliphatic carbocycles. The number of ether oxygens (including phenoxy) is 1. The summed E-state index contributed by atoms with van der Waals surface area (Å²) < 4.78 is 5.91. The van der Waals surface area contributed by atoms with Crippen molar-refractivity contribution in [3.05, 3.63) is 54.1 Å². The molecule has 1 saturated carbocycles. The van der Waals surface area contributed by atoms with E-state index < -0.39 is 0 Å². The van der Waals surface area contributed by atoms with Crippen LogP contribution >= 0.6 is 0 Å². The van der Waals surface area contributed by atoms with E-state index in [2.05, 4.69) is 29.3 Å². The van der Waals surface area contributed by atoms with Gasteiger partial charge in [0.2, 0.25) is 5.91 Å². The summed E-state index contributed by atoms with van der Waals surface area (Å²) in [7, 11) is 0. The number of hydrogen-bond acceptors (Lipinski definition) is 3. The normalized spacial score (nSPS) is 14.8. The highest BCUT2D eigenvalue weighted by Crippen LogP contribution is 2.25. The molecule has 1 N–H and O–H groups in total. The first-order valence-corrected chi connectivity index (χ1v) is 10.5. The van der Waals surface area contributed by atoms with Crippen LogP contribution in [0.25, 0.3) is 0 Å². The average Bonchev–Trinajstić information content (AvgIpc) is 2.71. The molecule has 0 spiro atoms. The molecule has 1 amide bonds. The van der Waals surface area contributed by atoms with Gasteiger partial charge in [-0.2, -0.15) is 0 Å². The van der Waals surface area contributed by atoms with Gasteiger partial charge in [0, 0.05) is 25.2 Å². The number of benzene rings is 2. The molecule has 2 aromatic carbocycles. The fourth-order valence-corrected chi connectivity index (χ4v) is 3.99. The number of carbonyl (C=O) groups is 1. The number of hydrogen-bond donors (Lipinski definition) is 1. The zero-order chi connectivity index (χ0) is 19.8. The molecule has 4 heteroatoms. The Labute approximate surface area is 168 Å². The minimum Gasteiger partial charge on any atom is -0.457 e. The summed E-state index contributed by atoms with van der Waals surface area (Å²) in [4.78, 5) is 13.7. The molecule has 0 aromatic heterocycles. The lowest BCUT2D eigenvalue weighted by atomic mass is 9.94. The Morgan fingerprint density at radius 1 is 1.00 bits per heavy atom. The topological polar surface area (TPSA) is 41.6 Å². The third kappa shape index (κ3) is 6.10. The molecule has 0 bridgehead atoms. The number of amides is 1. The van der Waals surface area contributed by atoms with Gasteiger partial charge in [-0.1, -0.05) is 38.3 Å². The minimum atomic E-state index is -0.0746.